The zero-order valence-electron chi connectivity index (χ0n) is 6.49. The maximum atomic E-state index is 5.27. The van der Waals surface area contributed by atoms with Gasteiger partial charge in [0.05, 0.1) is 0 Å². The van der Waals surface area contributed by atoms with Gasteiger partial charge in [0.2, 0.25) is 0 Å². The van der Waals surface area contributed by atoms with Crippen LogP contribution in [0.4, 0.5) is 0 Å². The lowest BCUT2D eigenvalue weighted by molar-refractivity contribution is 1.07. The van der Waals surface area contributed by atoms with Crippen molar-refractivity contribution >= 4 is 6.08 Å². The van der Waals surface area contributed by atoms with E-state index < -0.39 is 0 Å². The van der Waals surface area contributed by atoms with Crippen molar-refractivity contribution in [2.45, 2.75) is 6.92 Å². The van der Waals surface area contributed by atoms with Gasteiger partial charge < -0.3 is 5.73 Å². The molecule has 0 radical (unpaired) electrons. The van der Waals surface area contributed by atoms with Gasteiger partial charge in [-0.2, -0.15) is 0 Å². The second kappa shape index (κ2) is 3.83. The van der Waals surface area contributed by atoms with Gasteiger partial charge in [-0.15, -0.1) is 0 Å². The van der Waals surface area contributed by atoms with Gasteiger partial charge in [-0.3, -0.25) is 0 Å². The molecule has 0 fully saturated rings. The summed E-state index contributed by atoms with van der Waals surface area (Å²) in [6, 6.07) is 1.86. The molecule has 0 aliphatic carbocycles. The lowest BCUT2D eigenvalue weighted by Gasteiger charge is -1.92. The summed E-state index contributed by atoms with van der Waals surface area (Å²) >= 11 is 0. The second-order valence-electron chi connectivity index (χ2n) is 2.19. The van der Waals surface area contributed by atoms with Crippen molar-refractivity contribution in [1.29, 1.82) is 0 Å². The first-order chi connectivity index (χ1) is 5.33. The van der Waals surface area contributed by atoms with Crippen LogP contribution in [0.5, 0.6) is 0 Å². The van der Waals surface area contributed by atoms with Crippen LogP contribution >= 0.6 is 0 Å². The number of hydrogen-bond donors (Lipinski definition) is 1. The van der Waals surface area contributed by atoms with Gasteiger partial charge in [-0.25, -0.2) is 9.97 Å². The topological polar surface area (TPSA) is 51.8 Å². The van der Waals surface area contributed by atoms with E-state index in [2.05, 4.69) is 9.97 Å². The van der Waals surface area contributed by atoms with Crippen LogP contribution in [0.15, 0.2) is 18.3 Å². The molecular weight excluding hydrogens is 138 g/mol. The zero-order chi connectivity index (χ0) is 8.10. The Morgan fingerprint density at radius 3 is 3.09 bits per heavy atom. The van der Waals surface area contributed by atoms with E-state index in [-0.39, 0.29) is 0 Å². The van der Waals surface area contributed by atoms with Gasteiger partial charge in [-0.1, -0.05) is 6.08 Å². The first-order valence-corrected chi connectivity index (χ1v) is 3.49. The summed E-state index contributed by atoms with van der Waals surface area (Å²) in [5.41, 5.74) is 6.24. The van der Waals surface area contributed by atoms with E-state index in [1.807, 2.05) is 25.1 Å². The maximum Gasteiger partial charge on any atom is 0.151 e. The molecule has 3 nitrogen and oxygen atoms in total. The van der Waals surface area contributed by atoms with Crippen molar-refractivity contribution in [3.8, 4) is 0 Å². The fraction of sp³-hybridized carbons (Fsp3) is 0.250. The van der Waals surface area contributed by atoms with Crippen LogP contribution in [-0.2, 0) is 0 Å². The molecule has 1 heterocycles. The van der Waals surface area contributed by atoms with Crippen LogP contribution in [0.1, 0.15) is 11.5 Å². The molecule has 1 aromatic heterocycles. The van der Waals surface area contributed by atoms with Crippen LogP contribution < -0.4 is 5.73 Å². The number of nitrogens with zero attached hydrogens (tertiary/aromatic N) is 2. The van der Waals surface area contributed by atoms with Gasteiger partial charge in [-0.05, 0) is 19.1 Å². The highest BCUT2D eigenvalue weighted by molar-refractivity contribution is 5.39. The third-order valence-corrected chi connectivity index (χ3v) is 1.22. The Bertz CT molecular complexity index is 255. The van der Waals surface area contributed by atoms with Crippen molar-refractivity contribution in [3.05, 3.63) is 29.9 Å². The summed E-state index contributed by atoms with van der Waals surface area (Å²) in [7, 11) is 0. The van der Waals surface area contributed by atoms with Crippen molar-refractivity contribution in [2.24, 2.45) is 5.73 Å². The average molecular weight is 149 g/mol. The molecule has 58 valence electrons. The minimum atomic E-state index is 0.525. The van der Waals surface area contributed by atoms with E-state index in [4.69, 9.17) is 5.73 Å². The van der Waals surface area contributed by atoms with E-state index in [0.29, 0.717) is 6.54 Å². The zero-order valence-corrected chi connectivity index (χ0v) is 6.49. The van der Waals surface area contributed by atoms with Gasteiger partial charge in [0.15, 0.2) is 5.82 Å². The summed E-state index contributed by atoms with van der Waals surface area (Å²) in [5.74, 6) is 0.718. The second-order valence-corrected chi connectivity index (χ2v) is 2.19. The van der Waals surface area contributed by atoms with Crippen molar-refractivity contribution in [2.75, 3.05) is 6.54 Å². The Morgan fingerprint density at radius 2 is 2.45 bits per heavy atom. The van der Waals surface area contributed by atoms with Gasteiger partial charge >= 0.3 is 0 Å². The summed E-state index contributed by atoms with van der Waals surface area (Å²) in [5, 5.41) is 0. The first kappa shape index (κ1) is 7.88. The molecule has 0 aliphatic rings. The van der Waals surface area contributed by atoms with E-state index in [1.54, 1.807) is 6.20 Å². The molecule has 0 bridgehead atoms. The predicted molar refractivity (Wildman–Crippen MR) is 44.9 cm³/mol. The number of aromatic nitrogens is 2. The molecule has 1 rings (SSSR count). The standard InChI is InChI=1S/C8H11N3/c1-7-4-6-10-8(11-7)3-2-5-9/h2-4,6H,5,9H2,1H3. The molecule has 0 unspecified atom stereocenters. The van der Waals surface area contributed by atoms with Gasteiger partial charge in [0.25, 0.3) is 0 Å². The largest absolute Gasteiger partial charge is 0.327 e. The van der Waals surface area contributed by atoms with Crippen LogP contribution in [0, 0.1) is 6.92 Å². The SMILES string of the molecule is Cc1ccnc(C=CCN)n1. The molecular formula is C8H11N3. The van der Waals surface area contributed by atoms with Crippen LogP contribution in [0.2, 0.25) is 0 Å². The first-order valence-electron chi connectivity index (χ1n) is 3.49. The van der Waals surface area contributed by atoms with E-state index in [1.165, 1.54) is 0 Å². The van der Waals surface area contributed by atoms with Crippen molar-refractivity contribution < 1.29 is 0 Å². The third kappa shape index (κ3) is 2.47. The molecule has 0 aliphatic heterocycles. The molecule has 3 heteroatoms. The maximum absolute atomic E-state index is 5.27. The third-order valence-electron chi connectivity index (χ3n) is 1.22. The van der Waals surface area contributed by atoms with Crippen LogP contribution in [-0.4, -0.2) is 16.5 Å². The Labute approximate surface area is 66.0 Å². The molecule has 0 amide bonds. The Hall–Kier alpha value is -1.22. The fourth-order valence-corrected chi connectivity index (χ4v) is 0.722. The van der Waals surface area contributed by atoms with Crippen molar-refractivity contribution in [1.82, 2.24) is 9.97 Å². The van der Waals surface area contributed by atoms with E-state index in [9.17, 15) is 0 Å². The lowest BCUT2D eigenvalue weighted by atomic mass is 10.4. The summed E-state index contributed by atoms with van der Waals surface area (Å²) in [4.78, 5) is 8.18. The minimum absolute atomic E-state index is 0.525. The average Bonchev–Trinajstić information content (AvgIpc) is 2.01. The number of aryl methyl sites for hydroxylation is 1. The number of hydrogen-bond acceptors (Lipinski definition) is 3. The molecule has 2 N–H and O–H groups in total. The lowest BCUT2D eigenvalue weighted by Crippen LogP contribution is -1.94. The highest BCUT2D eigenvalue weighted by Gasteiger charge is 1.88. The van der Waals surface area contributed by atoms with Crippen LogP contribution in [0.25, 0.3) is 6.08 Å². The van der Waals surface area contributed by atoms with Crippen LogP contribution in [0.3, 0.4) is 0 Å². The normalized spacial score (nSPS) is 10.7. The van der Waals surface area contributed by atoms with Gasteiger partial charge in [0, 0.05) is 18.4 Å². The summed E-state index contributed by atoms with van der Waals surface area (Å²) in [6.07, 6.45) is 5.38. The number of nitrogens with two attached hydrogens (primary N) is 1. The highest BCUT2D eigenvalue weighted by atomic mass is 14.9. The molecule has 0 saturated carbocycles. The molecule has 11 heavy (non-hydrogen) atoms. The molecule has 0 saturated heterocycles. The Kier molecular flexibility index (Phi) is 2.74. The molecule has 1 aromatic rings. The van der Waals surface area contributed by atoms with E-state index in [0.717, 1.165) is 11.5 Å². The summed E-state index contributed by atoms with van der Waals surface area (Å²) < 4.78 is 0. The molecule has 0 spiro atoms. The fourth-order valence-electron chi connectivity index (χ4n) is 0.722. The predicted octanol–water partition coefficient (Wildman–Crippen LogP) is 0.757. The molecule has 0 aromatic carbocycles. The quantitative estimate of drug-likeness (QED) is 0.675. The Balaban J connectivity index is 2.79. The monoisotopic (exact) mass is 149 g/mol. The smallest absolute Gasteiger partial charge is 0.151 e. The Morgan fingerprint density at radius 1 is 1.64 bits per heavy atom. The summed E-state index contributed by atoms with van der Waals surface area (Å²) in [6.45, 7) is 2.46. The molecule has 0 atom stereocenters. The highest BCUT2D eigenvalue weighted by Crippen LogP contribution is 1.94. The van der Waals surface area contributed by atoms with Crippen molar-refractivity contribution in [3.63, 3.8) is 0 Å². The number of rotatable bonds is 2. The van der Waals surface area contributed by atoms with E-state index >= 15 is 0 Å². The van der Waals surface area contributed by atoms with Gasteiger partial charge in [0.1, 0.15) is 0 Å². The minimum Gasteiger partial charge on any atom is -0.327 e.